The van der Waals surface area contributed by atoms with E-state index >= 15 is 0 Å². The normalized spacial score (nSPS) is 11.7. The number of ketones is 1. The first-order valence-electron chi connectivity index (χ1n) is 7.39. The minimum absolute atomic E-state index is 0.0885. The predicted molar refractivity (Wildman–Crippen MR) is 89.7 cm³/mol. The van der Waals surface area contributed by atoms with Crippen molar-refractivity contribution in [1.82, 2.24) is 0 Å². The molecule has 0 atom stereocenters. The minimum atomic E-state index is -0.269. The van der Waals surface area contributed by atoms with Gasteiger partial charge in [0, 0.05) is 16.8 Å². The maximum absolute atomic E-state index is 12.7. The average Bonchev–Trinajstić information content (AvgIpc) is 2.89. The summed E-state index contributed by atoms with van der Waals surface area (Å²) in [5.41, 5.74) is 3.98. The number of amides is 1. The number of rotatable bonds is 2. The summed E-state index contributed by atoms with van der Waals surface area (Å²) in [6.45, 7) is 0. The molecule has 0 unspecified atom stereocenters. The second-order valence-electron chi connectivity index (χ2n) is 5.42. The van der Waals surface area contributed by atoms with Gasteiger partial charge in [0.25, 0.3) is 5.91 Å². The minimum Gasteiger partial charge on any atom is -0.322 e. The highest BCUT2D eigenvalue weighted by atomic mass is 16.2. The molecule has 3 aromatic carbocycles. The molecular formula is C20H13NO2. The molecule has 0 bridgehead atoms. The van der Waals surface area contributed by atoms with Crippen LogP contribution in [0.2, 0.25) is 0 Å². The van der Waals surface area contributed by atoms with Gasteiger partial charge in [-0.3, -0.25) is 9.59 Å². The maximum atomic E-state index is 12.7. The molecule has 0 aliphatic heterocycles. The summed E-state index contributed by atoms with van der Waals surface area (Å²) in [7, 11) is 0. The van der Waals surface area contributed by atoms with E-state index in [1.54, 1.807) is 12.1 Å². The Balaban J connectivity index is 1.78. The lowest BCUT2D eigenvalue weighted by molar-refractivity contribution is 0.0999. The Morgan fingerprint density at radius 3 is 2.13 bits per heavy atom. The van der Waals surface area contributed by atoms with Crippen LogP contribution in [0.25, 0.3) is 11.1 Å². The average molecular weight is 299 g/mol. The van der Waals surface area contributed by atoms with Crippen molar-refractivity contribution < 1.29 is 9.59 Å². The molecule has 3 heteroatoms. The van der Waals surface area contributed by atoms with Gasteiger partial charge < -0.3 is 5.32 Å². The summed E-state index contributed by atoms with van der Waals surface area (Å²) in [4.78, 5) is 25.3. The van der Waals surface area contributed by atoms with Gasteiger partial charge in [-0.2, -0.15) is 0 Å². The Bertz CT molecular complexity index is 929. The molecule has 1 aliphatic rings. The van der Waals surface area contributed by atoms with Crippen molar-refractivity contribution in [3.05, 3.63) is 89.5 Å². The first-order chi connectivity index (χ1) is 11.3. The Kier molecular flexibility index (Phi) is 3.05. The lowest BCUT2D eigenvalue weighted by Crippen LogP contribution is -2.15. The van der Waals surface area contributed by atoms with Crippen molar-refractivity contribution in [2.75, 3.05) is 5.32 Å². The molecule has 4 rings (SSSR count). The highest BCUT2D eigenvalue weighted by molar-refractivity contribution is 6.26. The third-order valence-corrected chi connectivity index (χ3v) is 4.03. The zero-order valence-electron chi connectivity index (χ0n) is 12.2. The van der Waals surface area contributed by atoms with Gasteiger partial charge in [-0.15, -0.1) is 0 Å². The van der Waals surface area contributed by atoms with E-state index in [1.165, 1.54) is 0 Å². The molecular weight excluding hydrogens is 286 g/mol. The predicted octanol–water partition coefficient (Wildman–Crippen LogP) is 4.15. The molecule has 3 aromatic rings. The van der Waals surface area contributed by atoms with E-state index in [-0.39, 0.29) is 11.7 Å². The monoisotopic (exact) mass is 299 g/mol. The Labute approximate surface area is 133 Å². The Morgan fingerprint density at radius 1 is 0.696 bits per heavy atom. The Hall–Kier alpha value is -3.20. The third-order valence-electron chi connectivity index (χ3n) is 4.03. The van der Waals surface area contributed by atoms with Crippen molar-refractivity contribution in [1.29, 1.82) is 0 Å². The molecule has 0 heterocycles. The van der Waals surface area contributed by atoms with Gasteiger partial charge >= 0.3 is 0 Å². The summed E-state index contributed by atoms with van der Waals surface area (Å²) < 4.78 is 0. The third kappa shape index (κ3) is 2.14. The van der Waals surface area contributed by atoms with Crippen LogP contribution in [0.5, 0.6) is 0 Å². The van der Waals surface area contributed by atoms with Crippen molar-refractivity contribution in [3.63, 3.8) is 0 Å². The van der Waals surface area contributed by atoms with Crippen molar-refractivity contribution in [3.8, 4) is 11.1 Å². The highest BCUT2D eigenvalue weighted by Gasteiger charge is 2.30. The lowest BCUT2D eigenvalue weighted by Gasteiger charge is -2.08. The van der Waals surface area contributed by atoms with Gasteiger partial charge in [-0.1, -0.05) is 54.6 Å². The van der Waals surface area contributed by atoms with Crippen molar-refractivity contribution >= 4 is 17.4 Å². The Morgan fingerprint density at radius 2 is 1.35 bits per heavy atom. The fourth-order valence-corrected chi connectivity index (χ4v) is 2.98. The number of fused-ring (bicyclic) bond motifs is 3. The van der Waals surface area contributed by atoms with E-state index in [4.69, 9.17) is 0 Å². The number of carbonyl (C=O) groups excluding carboxylic acids is 2. The second kappa shape index (κ2) is 5.21. The summed E-state index contributed by atoms with van der Waals surface area (Å²) in [5.74, 6) is -0.358. The van der Waals surface area contributed by atoms with E-state index in [9.17, 15) is 9.59 Å². The van der Waals surface area contributed by atoms with Gasteiger partial charge in [-0.05, 0) is 29.3 Å². The van der Waals surface area contributed by atoms with E-state index in [1.807, 2.05) is 60.7 Å². The molecule has 110 valence electrons. The summed E-state index contributed by atoms with van der Waals surface area (Å²) in [6, 6.07) is 22.1. The van der Waals surface area contributed by atoms with E-state index in [0.29, 0.717) is 22.4 Å². The molecule has 0 aromatic heterocycles. The van der Waals surface area contributed by atoms with E-state index in [0.717, 1.165) is 11.1 Å². The topological polar surface area (TPSA) is 46.2 Å². The molecule has 0 saturated heterocycles. The zero-order valence-corrected chi connectivity index (χ0v) is 12.2. The molecule has 1 aliphatic carbocycles. The summed E-state index contributed by atoms with van der Waals surface area (Å²) in [5, 5.41) is 2.84. The van der Waals surface area contributed by atoms with Gasteiger partial charge in [0.15, 0.2) is 5.78 Å². The van der Waals surface area contributed by atoms with Crippen LogP contribution in [0, 0.1) is 0 Å². The molecule has 3 nitrogen and oxygen atoms in total. The highest BCUT2D eigenvalue weighted by Crippen LogP contribution is 2.38. The molecule has 0 fully saturated rings. The van der Waals surface area contributed by atoms with Crippen LogP contribution in [-0.2, 0) is 0 Å². The van der Waals surface area contributed by atoms with Crippen LogP contribution in [0.3, 0.4) is 0 Å². The number of para-hydroxylation sites is 1. The quantitative estimate of drug-likeness (QED) is 0.604. The fourth-order valence-electron chi connectivity index (χ4n) is 2.98. The number of nitrogens with one attached hydrogen (secondary N) is 1. The van der Waals surface area contributed by atoms with Crippen molar-refractivity contribution in [2.45, 2.75) is 0 Å². The molecule has 23 heavy (non-hydrogen) atoms. The number of benzene rings is 3. The van der Waals surface area contributed by atoms with E-state index < -0.39 is 0 Å². The van der Waals surface area contributed by atoms with Gasteiger partial charge in [0.2, 0.25) is 0 Å². The molecule has 0 spiro atoms. The number of carbonyl (C=O) groups is 2. The molecule has 1 N–H and O–H groups in total. The lowest BCUT2D eigenvalue weighted by atomic mass is 10.0. The smallest absolute Gasteiger partial charge is 0.256 e. The van der Waals surface area contributed by atoms with Gasteiger partial charge in [0.1, 0.15) is 0 Å². The standard InChI is InChI=1S/C20H13NO2/c22-19-16-10-5-4-9-14(16)15-11-6-12-17(18(15)19)20(23)21-13-7-2-1-3-8-13/h1-12H,(H,21,23). The largest absolute Gasteiger partial charge is 0.322 e. The van der Waals surface area contributed by atoms with Crippen LogP contribution in [-0.4, -0.2) is 11.7 Å². The van der Waals surface area contributed by atoms with Gasteiger partial charge in [0.05, 0.1) is 5.56 Å². The van der Waals surface area contributed by atoms with Gasteiger partial charge in [-0.25, -0.2) is 0 Å². The zero-order chi connectivity index (χ0) is 15.8. The number of hydrogen-bond donors (Lipinski definition) is 1. The molecule has 0 saturated carbocycles. The molecule has 0 radical (unpaired) electrons. The number of hydrogen-bond acceptors (Lipinski definition) is 2. The molecule has 1 amide bonds. The van der Waals surface area contributed by atoms with Crippen LogP contribution in [0.15, 0.2) is 72.8 Å². The maximum Gasteiger partial charge on any atom is 0.256 e. The SMILES string of the molecule is O=C(Nc1ccccc1)c1cccc2c1C(=O)c1ccccc1-2. The van der Waals surface area contributed by atoms with E-state index in [2.05, 4.69) is 5.32 Å². The summed E-state index contributed by atoms with van der Waals surface area (Å²) >= 11 is 0. The summed E-state index contributed by atoms with van der Waals surface area (Å²) in [6.07, 6.45) is 0. The number of anilines is 1. The second-order valence-corrected chi connectivity index (χ2v) is 5.42. The van der Waals surface area contributed by atoms with Crippen LogP contribution >= 0.6 is 0 Å². The fraction of sp³-hybridized carbons (Fsp3) is 0. The van der Waals surface area contributed by atoms with Crippen molar-refractivity contribution in [2.24, 2.45) is 0 Å². The van der Waals surface area contributed by atoms with Crippen LogP contribution in [0.4, 0.5) is 5.69 Å². The first kappa shape index (κ1) is 13.5. The van der Waals surface area contributed by atoms with Crippen LogP contribution < -0.4 is 5.32 Å². The first-order valence-corrected chi connectivity index (χ1v) is 7.39. The van der Waals surface area contributed by atoms with Crippen LogP contribution in [0.1, 0.15) is 26.3 Å².